The van der Waals surface area contributed by atoms with Gasteiger partial charge in [-0.25, -0.2) is 0 Å². The predicted molar refractivity (Wildman–Crippen MR) is 69.0 cm³/mol. The van der Waals surface area contributed by atoms with E-state index in [1.807, 2.05) is 26.0 Å². The van der Waals surface area contributed by atoms with Crippen molar-refractivity contribution in [2.75, 3.05) is 5.33 Å². The number of rotatable bonds is 4. The van der Waals surface area contributed by atoms with Gasteiger partial charge in [-0.05, 0) is 37.0 Å². The average molecular weight is 271 g/mol. The summed E-state index contributed by atoms with van der Waals surface area (Å²) in [5.41, 5.74) is 1.51. The standard InChI is InChI=1S/C13H19BrO/c1-10(2)15-12-7-5-11(6-8-12)13(3,4)9-14/h5-8,10H,9H2,1-4H3. The summed E-state index contributed by atoms with van der Waals surface area (Å²) in [7, 11) is 0. The summed E-state index contributed by atoms with van der Waals surface area (Å²) >= 11 is 3.54. The maximum Gasteiger partial charge on any atom is 0.119 e. The maximum absolute atomic E-state index is 5.60. The Labute approximate surface area is 101 Å². The molecule has 0 heterocycles. The summed E-state index contributed by atoms with van der Waals surface area (Å²) in [5.74, 6) is 0.944. The zero-order valence-corrected chi connectivity index (χ0v) is 11.5. The van der Waals surface area contributed by atoms with E-state index in [4.69, 9.17) is 4.74 Å². The minimum atomic E-state index is 0.177. The van der Waals surface area contributed by atoms with Gasteiger partial charge in [0.05, 0.1) is 6.10 Å². The molecule has 0 atom stereocenters. The predicted octanol–water partition coefficient (Wildman–Crippen LogP) is 4.15. The molecule has 0 N–H and O–H groups in total. The SMILES string of the molecule is CC(C)Oc1ccc(C(C)(C)CBr)cc1. The lowest BCUT2D eigenvalue weighted by Crippen LogP contribution is -2.18. The minimum Gasteiger partial charge on any atom is -0.491 e. The van der Waals surface area contributed by atoms with Crippen molar-refractivity contribution >= 4 is 15.9 Å². The zero-order valence-electron chi connectivity index (χ0n) is 9.88. The summed E-state index contributed by atoms with van der Waals surface area (Å²) in [4.78, 5) is 0. The molecule has 1 aromatic carbocycles. The first-order valence-corrected chi connectivity index (χ1v) is 6.41. The molecule has 0 radical (unpaired) electrons. The van der Waals surface area contributed by atoms with E-state index in [0.717, 1.165) is 11.1 Å². The molecule has 0 spiro atoms. The number of ether oxygens (including phenoxy) is 1. The van der Waals surface area contributed by atoms with Crippen LogP contribution in [0.5, 0.6) is 5.75 Å². The van der Waals surface area contributed by atoms with Crippen molar-refractivity contribution in [3.63, 3.8) is 0 Å². The molecule has 0 amide bonds. The molecule has 0 aromatic heterocycles. The van der Waals surface area contributed by atoms with Crippen LogP contribution in [0.4, 0.5) is 0 Å². The smallest absolute Gasteiger partial charge is 0.119 e. The van der Waals surface area contributed by atoms with E-state index in [1.165, 1.54) is 5.56 Å². The van der Waals surface area contributed by atoms with Crippen molar-refractivity contribution in [3.05, 3.63) is 29.8 Å². The van der Waals surface area contributed by atoms with Gasteiger partial charge in [0, 0.05) is 5.33 Å². The van der Waals surface area contributed by atoms with Gasteiger partial charge in [0.25, 0.3) is 0 Å². The van der Waals surface area contributed by atoms with E-state index in [2.05, 4.69) is 41.9 Å². The fraction of sp³-hybridized carbons (Fsp3) is 0.538. The molecule has 0 saturated carbocycles. The molecule has 2 heteroatoms. The highest BCUT2D eigenvalue weighted by atomic mass is 79.9. The van der Waals surface area contributed by atoms with Crippen LogP contribution in [-0.4, -0.2) is 11.4 Å². The third-order valence-electron chi connectivity index (χ3n) is 2.34. The summed E-state index contributed by atoms with van der Waals surface area (Å²) < 4.78 is 5.60. The molecular weight excluding hydrogens is 252 g/mol. The van der Waals surface area contributed by atoms with Crippen LogP contribution in [-0.2, 0) is 5.41 Å². The minimum absolute atomic E-state index is 0.177. The third-order valence-corrected chi connectivity index (χ3v) is 3.74. The van der Waals surface area contributed by atoms with Gasteiger partial charge >= 0.3 is 0 Å². The number of halogens is 1. The molecule has 1 nitrogen and oxygen atoms in total. The van der Waals surface area contributed by atoms with Crippen LogP contribution in [0, 0.1) is 0 Å². The first-order chi connectivity index (χ1) is 6.95. The Morgan fingerprint density at radius 2 is 1.73 bits per heavy atom. The maximum atomic E-state index is 5.60. The second kappa shape index (κ2) is 5.02. The van der Waals surface area contributed by atoms with Gasteiger partial charge in [-0.1, -0.05) is 41.9 Å². The summed E-state index contributed by atoms with van der Waals surface area (Å²) in [5, 5.41) is 0.963. The number of benzene rings is 1. The van der Waals surface area contributed by atoms with Crippen molar-refractivity contribution in [1.29, 1.82) is 0 Å². The molecule has 0 fully saturated rings. The molecular formula is C13H19BrO. The van der Waals surface area contributed by atoms with E-state index in [9.17, 15) is 0 Å². The van der Waals surface area contributed by atoms with Crippen molar-refractivity contribution in [3.8, 4) is 5.75 Å². The van der Waals surface area contributed by atoms with Crippen LogP contribution in [0.3, 0.4) is 0 Å². The van der Waals surface area contributed by atoms with Crippen LogP contribution < -0.4 is 4.74 Å². The fourth-order valence-corrected chi connectivity index (χ4v) is 1.66. The Bertz CT molecular complexity index is 301. The number of hydrogen-bond donors (Lipinski definition) is 0. The second-order valence-electron chi connectivity index (χ2n) is 4.71. The zero-order chi connectivity index (χ0) is 11.5. The fourth-order valence-electron chi connectivity index (χ4n) is 1.33. The highest BCUT2D eigenvalue weighted by Gasteiger charge is 2.18. The Balaban J connectivity index is 2.81. The lowest BCUT2D eigenvalue weighted by atomic mass is 9.87. The second-order valence-corrected chi connectivity index (χ2v) is 5.27. The molecule has 0 aliphatic heterocycles. The van der Waals surface area contributed by atoms with E-state index >= 15 is 0 Å². The number of alkyl halides is 1. The van der Waals surface area contributed by atoms with Gasteiger partial charge in [-0.15, -0.1) is 0 Å². The lowest BCUT2D eigenvalue weighted by Gasteiger charge is -2.22. The topological polar surface area (TPSA) is 9.23 Å². The molecule has 0 aliphatic rings. The monoisotopic (exact) mass is 270 g/mol. The molecule has 0 aliphatic carbocycles. The molecule has 15 heavy (non-hydrogen) atoms. The first-order valence-electron chi connectivity index (χ1n) is 5.29. The van der Waals surface area contributed by atoms with E-state index in [-0.39, 0.29) is 11.5 Å². The Morgan fingerprint density at radius 1 is 1.20 bits per heavy atom. The average Bonchev–Trinajstić information content (AvgIpc) is 2.18. The van der Waals surface area contributed by atoms with Gasteiger partial charge in [0.2, 0.25) is 0 Å². The van der Waals surface area contributed by atoms with Gasteiger partial charge in [-0.2, -0.15) is 0 Å². The summed E-state index contributed by atoms with van der Waals surface area (Å²) in [6.07, 6.45) is 0.236. The Kier molecular flexibility index (Phi) is 4.21. The van der Waals surface area contributed by atoms with Gasteiger partial charge in [0.1, 0.15) is 5.75 Å². The molecule has 1 rings (SSSR count). The van der Waals surface area contributed by atoms with Gasteiger partial charge < -0.3 is 4.74 Å². The highest BCUT2D eigenvalue weighted by molar-refractivity contribution is 9.09. The van der Waals surface area contributed by atoms with Crippen LogP contribution in [0.1, 0.15) is 33.3 Å². The van der Waals surface area contributed by atoms with Gasteiger partial charge in [0.15, 0.2) is 0 Å². The van der Waals surface area contributed by atoms with Crippen molar-refractivity contribution < 1.29 is 4.74 Å². The summed E-state index contributed by atoms with van der Waals surface area (Å²) in [6.45, 7) is 8.52. The largest absolute Gasteiger partial charge is 0.491 e. The van der Waals surface area contributed by atoms with Crippen molar-refractivity contribution in [2.24, 2.45) is 0 Å². The van der Waals surface area contributed by atoms with E-state index in [1.54, 1.807) is 0 Å². The van der Waals surface area contributed by atoms with E-state index in [0.29, 0.717) is 0 Å². The van der Waals surface area contributed by atoms with E-state index < -0.39 is 0 Å². The van der Waals surface area contributed by atoms with Crippen LogP contribution in [0.25, 0.3) is 0 Å². The third kappa shape index (κ3) is 3.53. The molecule has 1 aromatic rings. The van der Waals surface area contributed by atoms with Crippen molar-refractivity contribution in [2.45, 2.75) is 39.2 Å². The Morgan fingerprint density at radius 3 is 2.13 bits per heavy atom. The van der Waals surface area contributed by atoms with Crippen LogP contribution >= 0.6 is 15.9 Å². The van der Waals surface area contributed by atoms with Gasteiger partial charge in [-0.3, -0.25) is 0 Å². The lowest BCUT2D eigenvalue weighted by molar-refractivity contribution is 0.242. The van der Waals surface area contributed by atoms with Crippen LogP contribution in [0.2, 0.25) is 0 Å². The molecule has 0 unspecified atom stereocenters. The normalized spacial score (nSPS) is 11.9. The van der Waals surface area contributed by atoms with Crippen molar-refractivity contribution in [1.82, 2.24) is 0 Å². The number of hydrogen-bond acceptors (Lipinski definition) is 1. The first kappa shape index (κ1) is 12.6. The molecule has 0 bridgehead atoms. The quantitative estimate of drug-likeness (QED) is 0.747. The molecule has 84 valence electrons. The highest BCUT2D eigenvalue weighted by Crippen LogP contribution is 2.27. The van der Waals surface area contributed by atoms with Crippen LogP contribution in [0.15, 0.2) is 24.3 Å². The molecule has 0 saturated heterocycles. The summed E-state index contributed by atoms with van der Waals surface area (Å²) in [6, 6.07) is 8.36. The Hall–Kier alpha value is -0.500.